The molecule has 5 nitrogen and oxygen atoms in total. The molecule has 0 bridgehead atoms. The minimum atomic E-state index is 0.178. The topological polar surface area (TPSA) is 74.7 Å². The van der Waals surface area contributed by atoms with Crippen molar-refractivity contribution in [2.75, 3.05) is 0 Å². The Bertz CT molecular complexity index is 828. The molecule has 0 radical (unpaired) electrons. The summed E-state index contributed by atoms with van der Waals surface area (Å²) in [5.74, 6) is 0.178. The molecule has 0 saturated heterocycles. The molecule has 0 spiro atoms. The molecule has 2 aromatic carbocycles. The molecule has 0 aliphatic heterocycles. The van der Waals surface area contributed by atoms with Crippen LogP contribution in [0.15, 0.2) is 48.5 Å². The van der Waals surface area contributed by atoms with Gasteiger partial charge >= 0.3 is 0 Å². The van der Waals surface area contributed by atoms with Crippen LogP contribution in [0.2, 0.25) is 0 Å². The number of nitrogens with zero attached hydrogens (tertiary/aromatic N) is 4. The molecule has 5 heteroatoms. The maximum absolute atomic E-state index is 9.39. The van der Waals surface area contributed by atoms with Gasteiger partial charge < -0.3 is 5.11 Å². The highest BCUT2D eigenvalue weighted by molar-refractivity contribution is 5.70. The first-order chi connectivity index (χ1) is 10.2. The van der Waals surface area contributed by atoms with Gasteiger partial charge in [0.25, 0.3) is 0 Å². The standard InChI is InChI=1S/C16H12N4O/c1-11-4-2-3-5-14(11)16-15(10-17)18-19-20(16)12-6-8-13(21)9-7-12/h2-9,21H,1H3. The molecule has 0 aliphatic rings. The zero-order chi connectivity index (χ0) is 14.8. The van der Waals surface area contributed by atoms with Crippen LogP contribution in [0, 0.1) is 18.3 Å². The van der Waals surface area contributed by atoms with Gasteiger partial charge in [-0.05, 0) is 36.8 Å². The summed E-state index contributed by atoms with van der Waals surface area (Å²) in [4.78, 5) is 0. The van der Waals surface area contributed by atoms with Gasteiger partial charge in [0.05, 0.1) is 5.69 Å². The zero-order valence-electron chi connectivity index (χ0n) is 11.4. The van der Waals surface area contributed by atoms with E-state index in [2.05, 4.69) is 16.4 Å². The van der Waals surface area contributed by atoms with Crippen LogP contribution in [-0.4, -0.2) is 20.1 Å². The highest BCUT2D eigenvalue weighted by Gasteiger charge is 2.17. The number of aromatic hydroxyl groups is 1. The molecule has 3 aromatic rings. The Morgan fingerprint density at radius 3 is 2.48 bits per heavy atom. The van der Waals surface area contributed by atoms with Crippen molar-refractivity contribution in [3.63, 3.8) is 0 Å². The van der Waals surface area contributed by atoms with E-state index < -0.39 is 0 Å². The number of aryl methyl sites for hydroxylation is 1. The lowest BCUT2D eigenvalue weighted by molar-refractivity contribution is 0.475. The molecule has 102 valence electrons. The molecule has 0 amide bonds. The van der Waals surface area contributed by atoms with Gasteiger partial charge in [-0.2, -0.15) is 5.26 Å². The highest BCUT2D eigenvalue weighted by atomic mass is 16.3. The molecule has 3 rings (SSSR count). The first kappa shape index (κ1) is 12.9. The lowest BCUT2D eigenvalue weighted by Gasteiger charge is -2.09. The maximum atomic E-state index is 9.39. The number of phenols is 1. The third-order valence-electron chi connectivity index (χ3n) is 3.27. The van der Waals surface area contributed by atoms with Crippen LogP contribution in [0.25, 0.3) is 16.9 Å². The molecule has 1 heterocycles. The molecule has 0 saturated carbocycles. The van der Waals surface area contributed by atoms with E-state index in [-0.39, 0.29) is 11.4 Å². The van der Waals surface area contributed by atoms with Gasteiger partial charge in [0.1, 0.15) is 17.5 Å². The van der Waals surface area contributed by atoms with Gasteiger partial charge in [-0.1, -0.05) is 29.5 Å². The fraction of sp³-hybridized carbons (Fsp3) is 0.0625. The first-order valence-corrected chi connectivity index (χ1v) is 6.42. The summed E-state index contributed by atoms with van der Waals surface area (Å²) < 4.78 is 1.61. The molecular weight excluding hydrogens is 264 g/mol. The Morgan fingerprint density at radius 2 is 1.81 bits per heavy atom. The van der Waals surface area contributed by atoms with Gasteiger partial charge in [0.15, 0.2) is 5.69 Å². The Morgan fingerprint density at radius 1 is 1.10 bits per heavy atom. The SMILES string of the molecule is Cc1ccccc1-c1c(C#N)nnn1-c1ccc(O)cc1. The third kappa shape index (κ3) is 2.23. The van der Waals surface area contributed by atoms with Crippen molar-refractivity contribution in [1.29, 1.82) is 5.26 Å². The van der Waals surface area contributed by atoms with E-state index >= 15 is 0 Å². The summed E-state index contributed by atoms with van der Waals surface area (Å²) in [5, 5.41) is 26.7. The molecule has 1 aromatic heterocycles. The van der Waals surface area contributed by atoms with E-state index in [1.165, 1.54) is 0 Å². The monoisotopic (exact) mass is 276 g/mol. The van der Waals surface area contributed by atoms with E-state index in [1.54, 1.807) is 28.9 Å². The normalized spacial score (nSPS) is 10.3. The van der Waals surface area contributed by atoms with Gasteiger partial charge in [0.2, 0.25) is 0 Å². The van der Waals surface area contributed by atoms with Crippen LogP contribution >= 0.6 is 0 Å². The minimum absolute atomic E-state index is 0.178. The van der Waals surface area contributed by atoms with Crippen LogP contribution in [0.3, 0.4) is 0 Å². The largest absolute Gasteiger partial charge is 0.508 e. The second-order valence-electron chi connectivity index (χ2n) is 4.64. The third-order valence-corrected chi connectivity index (χ3v) is 3.27. The van der Waals surface area contributed by atoms with Crippen LogP contribution in [0.4, 0.5) is 0 Å². The van der Waals surface area contributed by atoms with Crippen LogP contribution in [-0.2, 0) is 0 Å². The van der Waals surface area contributed by atoms with E-state index in [0.717, 1.165) is 16.8 Å². The number of hydrogen-bond donors (Lipinski definition) is 1. The fourth-order valence-corrected chi connectivity index (χ4v) is 2.21. The Balaban J connectivity index is 2.25. The van der Waals surface area contributed by atoms with Gasteiger partial charge in [0, 0.05) is 5.56 Å². The summed E-state index contributed by atoms with van der Waals surface area (Å²) in [6.07, 6.45) is 0. The van der Waals surface area contributed by atoms with Crippen LogP contribution in [0.5, 0.6) is 5.75 Å². The summed E-state index contributed by atoms with van der Waals surface area (Å²) in [6.45, 7) is 1.98. The average molecular weight is 276 g/mol. The van der Waals surface area contributed by atoms with Gasteiger partial charge in [-0.15, -0.1) is 5.10 Å². The van der Waals surface area contributed by atoms with Crippen molar-refractivity contribution in [1.82, 2.24) is 15.0 Å². The number of benzene rings is 2. The van der Waals surface area contributed by atoms with Crippen LogP contribution < -0.4 is 0 Å². The minimum Gasteiger partial charge on any atom is -0.508 e. The van der Waals surface area contributed by atoms with Crippen molar-refractivity contribution in [3.05, 3.63) is 59.8 Å². The van der Waals surface area contributed by atoms with E-state index in [9.17, 15) is 10.4 Å². The number of aromatic nitrogens is 3. The molecule has 0 aliphatic carbocycles. The first-order valence-electron chi connectivity index (χ1n) is 6.42. The highest BCUT2D eigenvalue weighted by Crippen LogP contribution is 2.28. The fourth-order valence-electron chi connectivity index (χ4n) is 2.21. The van der Waals surface area contributed by atoms with Gasteiger partial charge in [-0.25, -0.2) is 4.68 Å². The number of hydrogen-bond acceptors (Lipinski definition) is 4. The number of rotatable bonds is 2. The van der Waals surface area contributed by atoms with Gasteiger partial charge in [-0.3, -0.25) is 0 Å². The summed E-state index contributed by atoms with van der Waals surface area (Å²) in [7, 11) is 0. The van der Waals surface area contributed by atoms with Crippen molar-refractivity contribution in [3.8, 4) is 28.8 Å². The second kappa shape index (κ2) is 5.10. The molecule has 0 fully saturated rings. The van der Waals surface area contributed by atoms with Crippen LogP contribution in [0.1, 0.15) is 11.3 Å². The van der Waals surface area contributed by atoms with Crippen molar-refractivity contribution in [2.24, 2.45) is 0 Å². The van der Waals surface area contributed by atoms with E-state index in [1.807, 2.05) is 31.2 Å². The zero-order valence-corrected chi connectivity index (χ0v) is 11.4. The summed E-state index contributed by atoms with van der Waals surface area (Å²) in [6, 6.07) is 16.5. The molecule has 0 atom stereocenters. The molecule has 1 N–H and O–H groups in total. The number of phenolic OH excluding ortho intramolecular Hbond substituents is 1. The lowest BCUT2D eigenvalue weighted by atomic mass is 10.0. The summed E-state index contributed by atoms with van der Waals surface area (Å²) in [5.41, 5.74) is 3.61. The van der Waals surface area contributed by atoms with E-state index in [0.29, 0.717) is 5.69 Å². The molecular formula is C16H12N4O. The van der Waals surface area contributed by atoms with Crippen molar-refractivity contribution >= 4 is 0 Å². The Kier molecular flexibility index (Phi) is 3.13. The quantitative estimate of drug-likeness (QED) is 0.781. The predicted molar refractivity (Wildman–Crippen MR) is 77.9 cm³/mol. The maximum Gasteiger partial charge on any atom is 0.191 e. The predicted octanol–water partition coefficient (Wildman–Crippen LogP) is 2.82. The second-order valence-corrected chi connectivity index (χ2v) is 4.64. The van der Waals surface area contributed by atoms with Crippen molar-refractivity contribution in [2.45, 2.75) is 6.92 Å². The summed E-state index contributed by atoms with van der Waals surface area (Å²) >= 11 is 0. The Hall–Kier alpha value is -3.13. The lowest BCUT2D eigenvalue weighted by Crippen LogP contribution is -2.00. The Labute approximate surface area is 121 Å². The van der Waals surface area contributed by atoms with E-state index in [4.69, 9.17) is 0 Å². The van der Waals surface area contributed by atoms with Crippen molar-refractivity contribution < 1.29 is 5.11 Å². The molecule has 0 unspecified atom stereocenters. The number of nitriles is 1. The smallest absolute Gasteiger partial charge is 0.191 e. The average Bonchev–Trinajstić information content (AvgIpc) is 2.92. The molecule has 21 heavy (non-hydrogen) atoms.